The predicted molar refractivity (Wildman–Crippen MR) is 222 cm³/mol. The van der Waals surface area contributed by atoms with Crippen LogP contribution >= 0.6 is 0 Å². The predicted octanol–water partition coefficient (Wildman–Crippen LogP) is 8.57. The molecule has 0 unspecified atom stereocenters. The molecule has 0 atom stereocenters. The summed E-state index contributed by atoms with van der Waals surface area (Å²) in [4.78, 5) is 0. The molecule has 4 heteroatoms. The van der Waals surface area contributed by atoms with E-state index in [1.165, 1.54) is 71.6 Å². The van der Waals surface area contributed by atoms with Crippen molar-refractivity contribution in [3.63, 3.8) is 0 Å². The molecule has 6 aromatic carbocycles. The first-order valence-electron chi connectivity index (χ1n) is 18.3. The summed E-state index contributed by atoms with van der Waals surface area (Å²) >= 11 is 1.74. The number of fused-ring (bicyclic) bond motifs is 2. The molecule has 276 valence electrons. The number of benzene rings is 4. The molecule has 0 nitrogen and oxygen atoms in total. The van der Waals surface area contributed by atoms with Gasteiger partial charge in [-0.3, -0.25) is 0 Å². The molecule has 0 aromatic heterocycles. The zero-order chi connectivity index (χ0) is 37.2. The zero-order valence-electron chi connectivity index (χ0n) is 34.1. The fourth-order valence-corrected chi connectivity index (χ4v) is 6.28. The summed E-state index contributed by atoms with van der Waals surface area (Å²) in [6.07, 6.45) is 0. The molecule has 6 aromatic rings. The van der Waals surface area contributed by atoms with E-state index in [1.54, 1.807) is 23.3 Å². The zero-order valence-corrected chi connectivity index (χ0v) is 39.1. The van der Waals surface area contributed by atoms with Gasteiger partial charge in [-0.1, -0.05) is 149 Å². The van der Waals surface area contributed by atoms with Crippen molar-refractivity contribution in [2.45, 2.75) is 118 Å². The molecule has 0 bridgehead atoms. The van der Waals surface area contributed by atoms with Crippen LogP contribution in [0.1, 0.15) is 110 Å². The third kappa shape index (κ3) is 11.9. The third-order valence-electron chi connectivity index (χ3n) is 9.37. The van der Waals surface area contributed by atoms with E-state index in [0.29, 0.717) is 5.92 Å². The molecule has 6 rings (SSSR count). The van der Waals surface area contributed by atoms with Crippen LogP contribution in [0, 0.1) is 6.92 Å². The molecule has 0 spiro atoms. The summed E-state index contributed by atoms with van der Waals surface area (Å²) in [5.41, 5.74) is 13.0. The summed E-state index contributed by atoms with van der Waals surface area (Å²) in [5.74, 6) is 0.573. The summed E-state index contributed by atoms with van der Waals surface area (Å²) in [7, 11) is 0. The van der Waals surface area contributed by atoms with Crippen molar-refractivity contribution in [2.75, 3.05) is 0 Å². The molecular formula is C48H60Cl2SiZr-2. The van der Waals surface area contributed by atoms with Gasteiger partial charge in [-0.2, -0.15) is 12.1 Å². The molecule has 0 saturated carbocycles. The summed E-state index contributed by atoms with van der Waals surface area (Å²) in [6, 6.07) is 38.7. The van der Waals surface area contributed by atoms with E-state index in [1.807, 2.05) is 0 Å². The SMILES string of the molecule is CC(C)c1cc2c(-c3ccc(C(C)(C)C)cc3)cccc2[cH-]1.C[Si](C)=[Zr+2].Cc1cc2c(-c3cc(C(C)(C)C)cc(C(C)(C)C)c3)cccc2[cH-]1.[Cl-].[Cl-]. The molecular weight excluding hydrogens is 767 g/mol. The van der Waals surface area contributed by atoms with Gasteiger partial charge in [0.05, 0.1) is 0 Å². The molecule has 52 heavy (non-hydrogen) atoms. The normalized spacial score (nSPS) is 11.6. The van der Waals surface area contributed by atoms with Crippen LogP contribution in [-0.4, -0.2) is 5.43 Å². The van der Waals surface area contributed by atoms with E-state index in [2.05, 4.69) is 199 Å². The number of halogens is 2. The molecule has 0 aliphatic rings. The summed E-state index contributed by atoms with van der Waals surface area (Å²) in [6.45, 7) is 31.9. The Kier molecular flexibility index (Phi) is 16.3. The standard InChI is InChI=1S/C24H29.C22H25.C2H6Si.2ClH.Zr/c1-16-11-17-9-8-10-21(22(17)12-16)18-13-19(23(2,3)4)15-20(14-18)24(5,6)7;1-15(2)18-13-17-7-6-8-20(21(17)14-18)16-9-11-19(12-10-16)22(3,4)5;1-3-2;;;/h8-15H,1-7H3;6-15H,1-5H3;1-2H3;2*1H;/q2*-1;;;;+2/p-2. The van der Waals surface area contributed by atoms with Gasteiger partial charge in [-0.25, -0.2) is 0 Å². The van der Waals surface area contributed by atoms with Crippen LogP contribution in [0.4, 0.5) is 0 Å². The van der Waals surface area contributed by atoms with E-state index >= 15 is 0 Å². The molecule has 0 aliphatic heterocycles. The maximum Gasteiger partial charge on any atom is -0.0132 e. The minimum absolute atomic E-state index is 0. The second-order valence-electron chi connectivity index (χ2n) is 17.7. The Morgan fingerprint density at radius 3 is 1.40 bits per heavy atom. The van der Waals surface area contributed by atoms with Crippen LogP contribution < -0.4 is 24.8 Å². The van der Waals surface area contributed by atoms with Crippen LogP contribution in [0.15, 0.2) is 103 Å². The maximum atomic E-state index is 2.39. The Bertz CT molecular complexity index is 2030. The van der Waals surface area contributed by atoms with Crippen LogP contribution in [0.25, 0.3) is 43.8 Å². The Labute approximate surface area is 344 Å². The first-order chi connectivity index (χ1) is 23.1. The van der Waals surface area contributed by atoms with E-state index in [9.17, 15) is 0 Å². The van der Waals surface area contributed by atoms with Crippen molar-refractivity contribution in [1.29, 1.82) is 0 Å². The smallest absolute Gasteiger partial charge is 0.0132 e. The fraction of sp³-hybridized carbons (Fsp3) is 0.375. The largest absolute Gasteiger partial charge is 1.00 e. The van der Waals surface area contributed by atoms with Crippen LogP contribution in [0.2, 0.25) is 13.1 Å². The topological polar surface area (TPSA) is 0 Å². The minimum atomic E-state index is 0. The van der Waals surface area contributed by atoms with Crippen molar-refractivity contribution in [3.05, 3.63) is 131 Å². The Hall–Kier alpha value is -2.22. The van der Waals surface area contributed by atoms with Gasteiger partial charge in [0, 0.05) is 0 Å². The minimum Gasteiger partial charge on any atom is -1.00 e. The van der Waals surface area contributed by atoms with Gasteiger partial charge in [-0.05, 0) is 50.0 Å². The van der Waals surface area contributed by atoms with Crippen molar-refractivity contribution in [1.82, 2.24) is 0 Å². The second kappa shape index (κ2) is 18.4. The van der Waals surface area contributed by atoms with Crippen molar-refractivity contribution >= 4 is 27.0 Å². The van der Waals surface area contributed by atoms with Crippen molar-refractivity contribution in [2.24, 2.45) is 0 Å². The number of rotatable bonds is 3. The molecule has 0 saturated heterocycles. The first-order valence-corrected chi connectivity index (χ1v) is 24.5. The van der Waals surface area contributed by atoms with E-state index in [-0.39, 0.29) is 46.5 Å². The molecule has 0 amide bonds. The quantitative estimate of drug-likeness (QED) is 0.124. The van der Waals surface area contributed by atoms with Gasteiger partial charge in [0.25, 0.3) is 0 Å². The van der Waals surface area contributed by atoms with Gasteiger partial charge in [0.1, 0.15) is 0 Å². The average molecular weight is 827 g/mol. The number of hydrogen-bond donors (Lipinski definition) is 0. The fourth-order valence-electron chi connectivity index (χ4n) is 6.28. The Morgan fingerprint density at radius 1 is 0.538 bits per heavy atom. The summed E-state index contributed by atoms with van der Waals surface area (Å²) in [5, 5.41) is 5.42. The third-order valence-corrected chi connectivity index (χ3v) is 9.37. The number of aryl methyl sites for hydroxylation is 1. The second-order valence-corrected chi connectivity index (χ2v) is 27.1. The molecule has 0 N–H and O–H groups in total. The molecule has 0 radical (unpaired) electrons. The molecule has 0 aliphatic carbocycles. The van der Waals surface area contributed by atoms with Gasteiger partial charge in [0.15, 0.2) is 0 Å². The molecule has 0 heterocycles. The average Bonchev–Trinajstić information content (AvgIpc) is 3.63. The van der Waals surface area contributed by atoms with Crippen LogP contribution in [-0.2, 0) is 39.6 Å². The van der Waals surface area contributed by atoms with Gasteiger partial charge in [0.2, 0.25) is 0 Å². The summed E-state index contributed by atoms with van der Waals surface area (Å²) < 4.78 is 0. The van der Waals surface area contributed by atoms with Crippen molar-refractivity contribution < 1.29 is 48.1 Å². The van der Waals surface area contributed by atoms with Gasteiger partial charge in [-0.15, -0.1) is 69.1 Å². The van der Waals surface area contributed by atoms with E-state index in [0.717, 1.165) is 0 Å². The first kappa shape index (κ1) is 45.9. The number of hydrogen-bond acceptors (Lipinski definition) is 0. The molecule has 0 fully saturated rings. The van der Waals surface area contributed by atoms with E-state index in [4.69, 9.17) is 0 Å². The van der Waals surface area contributed by atoms with E-state index < -0.39 is 0 Å². The van der Waals surface area contributed by atoms with Crippen molar-refractivity contribution in [3.8, 4) is 22.3 Å². The van der Waals surface area contributed by atoms with Crippen LogP contribution in [0.5, 0.6) is 0 Å². The Balaban J connectivity index is 0.000000316. The Morgan fingerprint density at radius 2 is 0.962 bits per heavy atom. The van der Waals surface area contributed by atoms with Gasteiger partial charge < -0.3 is 24.8 Å². The van der Waals surface area contributed by atoms with Gasteiger partial charge >= 0.3 is 41.9 Å². The maximum absolute atomic E-state index is 2.39. The monoisotopic (exact) mass is 824 g/mol. The van der Waals surface area contributed by atoms with Crippen LogP contribution in [0.3, 0.4) is 0 Å².